The number of rotatable bonds is 8. The Morgan fingerprint density at radius 3 is 2.30 bits per heavy atom. The minimum atomic E-state index is -3.50. The molecule has 0 atom stereocenters. The first-order valence-corrected chi connectivity index (χ1v) is 9.07. The summed E-state index contributed by atoms with van der Waals surface area (Å²) in [5.41, 5.74) is 0.755. The Balaban J connectivity index is 2.83. The summed E-state index contributed by atoms with van der Waals surface area (Å²) in [6, 6.07) is 6.05. The van der Waals surface area contributed by atoms with Gasteiger partial charge in [-0.25, -0.2) is 13.2 Å². The van der Waals surface area contributed by atoms with Crippen molar-refractivity contribution < 1.29 is 22.7 Å². The molecule has 0 spiro atoms. The monoisotopic (exact) mass is 342 g/mol. The third kappa shape index (κ3) is 5.90. The fourth-order valence-electron chi connectivity index (χ4n) is 1.98. The second-order valence-electron chi connectivity index (χ2n) is 4.97. The van der Waals surface area contributed by atoms with Crippen LogP contribution in [0.3, 0.4) is 0 Å². The fraction of sp³-hybridized carbons (Fsp3) is 0.467. The van der Waals surface area contributed by atoms with Crippen LogP contribution in [0.5, 0.6) is 0 Å². The zero-order valence-corrected chi connectivity index (χ0v) is 14.4. The number of carbonyl (C=O) groups is 2. The van der Waals surface area contributed by atoms with Crippen LogP contribution < -0.4 is 9.62 Å². The Bertz CT molecular complexity index is 640. The van der Waals surface area contributed by atoms with Gasteiger partial charge in [0.2, 0.25) is 15.9 Å². The quantitative estimate of drug-likeness (QED) is 0.716. The number of hydrogen-bond donors (Lipinski definition) is 1. The maximum Gasteiger partial charge on any atom is 0.337 e. The largest absolute Gasteiger partial charge is 0.465 e. The summed E-state index contributed by atoms with van der Waals surface area (Å²) in [4.78, 5) is 22.8. The molecule has 8 heteroatoms. The summed E-state index contributed by atoms with van der Waals surface area (Å²) >= 11 is 0. The average Bonchev–Trinajstić information content (AvgIpc) is 2.50. The van der Waals surface area contributed by atoms with Crippen LogP contribution in [0.2, 0.25) is 0 Å². The second kappa shape index (κ2) is 8.52. The maximum atomic E-state index is 11.9. The van der Waals surface area contributed by atoms with E-state index in [0.29, 0.717) is 17.7 Å². The molecule has 1 aromatic rings. The van der Waals surface area contributed by atoms with Gasteiger partial charge in [0, 0.05) is 13.0 Å². The minimum absolute atomic E-state index is 0.109. The van der Waals surface area contributed by atoms with E-state index < -0.39 is 16.0 Å². The van der Waals surface area contributed by atoms with Crippen LogP contribution in [0.25, 0.3) is 0 Å². The number of anilines is 1. The Labute approximate surface area is 136 Å². The Hall–Kier alpha value is -2.09. The molecule has 7 nitrogen and oxygen atoms in total. The van der Waals surface area contributed by atoms with Crippen molar-refractivity contribution in [1.82, 2.24) is 5.32 Å². The van der Waals surface area contributed by atoms with Gasteiger partial charge in [-0.2, -0.15) is 0 Å². The average molecular weight is 342 g/mol. The molecule has 0 unspecified atom stereocenters. The van der Waals surface area contributed by atoms with Crippen LogP contribution in [0.4, 0.5) is 5.69 Å². The summed E-state index contributed by atoms with van der Waals surface area (Å²) in [5, 5.41) is 2.68. The molecule has 0 aliphatic carbocycles. The highest BCUT2D eigenvalue weighted by molar-refractivity contribution is 7.92. The van der Waals surface area contributed by atoms with Gasteiger partial charge in [0.15, 0.2) is 0 Å². The van der Waals surface area contributed by atoms with Crippen LogP contribution in [-0.2, 0) is 19.6 Å². The van der Waals surface area contributed by atoms with Crippen LogP contribution >= 0.6 is 0 Å². The molecule has 0 saturated carbocycles. The molecule has 0 bridgehead atoms. The molecule has 23 heavy (non-hydrogen) atoms. The number of carbonyl (C=O) groups excluding carboxylic acids is 2. The van der Waals surface area contributed by atoms with Gasteiger partial charge >= 0.3 is 5.97 Å². The van der Waals surface area contributed by atoms with Crippen LogP contribution in [0.1, 0.15) is 30.1 Å². The summed E-state index contributed by atoms with van der Waals surface area (Å²) in [6.45, 7) is 2.22. The van der Waals surface area contributed by atoms with E-state index in [0.717, 1.165) is 12.7 Å². The van der Waals surface area contributed by atoms with Crippen molar-refractivity contribution >= 4 is 27.6 Å². The lowest BCUT2D eigenvalue weighted by atomic mass is 10.2. The minimum Gasteiger partial charge on any atom is -0.465 e. The molecule has 1 rings (SSSR count). The number of benzene rings is 1. The lowest BCUT2D eigenvalue weighted by Gasteiger charge is -2.22. The van der Waals surface area contributed by atoms with E-state index in [1.54, 1.807) is 0 Å². The second-order valence-corrected chi connectivity index (χ2v) is 6.88. The number of sulfonamides is 1. The van der Waals surface area contributed by atoms with E-state index in [1.807, 2.05) is 6.92 Å². The summed E-state index contributed by atoms with van der Waals surface area (Å²) in [5.74, 6) is -0.601. The van der Waals surface area contributed by atoms with Crippen molar-refractivity contribution in [2.45, 2.75) is 19.8 Å². The van der Waals surface area contributed by atoms with Crippen molar-refractivity contribution in [2.75, 3.05) is 30.8 Å². The molecule has 0 aromatic heterocycles. The molecule has 0 aliphatic rings. The number of nitrogens with one attached hydrogen (secondary N) is 1. The third-order valence-electron chi connectivity index (χ3n) is 3.09. The SMILES string of the molecule is CCCC(=O)NCCN(c1ccc(C(=O)OC)cc1)S(C)(=O)=O. The molecule has 0 radical (unpaired) electrons. The van der Waals surface area contributed by atoms with Gasteiger partial charge in [-0.15, -0.1) is 0 Å². The van der Waals surface area contributed by atoms with Crippen molar-refractivity contribution in [3.8, 4) is 0 Å². The molecule has 1 N–H and O–H groups in total. The lowest BCUT2D eigenvalue weighted by molar-refractivity contribution is -0.121. The normalized spacial score (nSPS) is 10.9. The number of amides is 1. The third-order valence-corrected chi connectivity index (χ3v) is 4.28. The molecular formula is C15H22N2O5S. The number of ether oxygens (including phenoxy) is 1. The molecular weight excluding hydrogens is 320 g/mol. The highest BCUT2D eigenvalue weighted by Crippen LogP contribution is 2.18. The predicted molar refractivity (Wildman–Crippen MR) is 87.9 cm³/mol. The first-order valence-electron chi connectivity index (χ1n) is 7.22. The van der Waals surface area contributed by atoms with E-state index >= 15 is 0 Å². The van der Waals surface area contributed by atoms with Gasteiger partial charge in [0.25, 0.3) is 0 Å². The highest BCUT2D eigenvalue weighted by atomic mass is 32.2. The number of methoxy groups -OCH3 is 1. The van der Waals surface area contributed by atoms with E-state index in [1.165, 1.54) is 35.7 Å². The molecule has 1 aromatic carbocycles. The topological polar surface area (TPSA) is 92.8 Å². The maximum absolute atomic E-state index is 11.9. The van der Waals surface area contributed by atoms with E-state index in [4.69, 9.17) is 0 Å². The first-order chi connectivity index (χ1) is 10.8. The van der Waals surface area contributed by atoms with Gasteiger partial charge in [0.1, 0.15) is 0 Å². The summed E-state index contributed by atoms with van der Waals surface area (Å²) < 4.78 is 29.6. The van der Waals surface area contributed by atoms with Crippen LogP contribution in [-0.4, -0.2) is 46.7 Å². The van der Waals surface area contributed by atoms with Crippen molar-refractivity contribution in [3.63, 3.8) is 0 Å². The van der Waals surface area contributed by atoms with Crippen LogP contribution in [0.15, 0.2) is 24.3 Å². The molecule has 1 amide bonds. The van der Waals surface area contributed by atoms with Crippen molar-refractivity contribution in [3.05, 3.63) is 29.8 Å². The Morgan fingerprint density at radius 2 is 1.83 bits per heavy atom. The predicted octanol–water partition coefficient (Wildman–Crippen LogP) is 1.16. The van der Waals surface area contributed by atoms with E-state index in [-0.39, 0.29) is 19.0 Å². The Morgan fingerprint density at radius 1 is 1.22 bits per heavy atom. The summed E-state index contributed by atoms with van der Waals surface area (Å²) in [7, 11) is -2.23. The lowest BCUT2D eigenvalue weighted by Crippen LogP contribution is -2.38. The van der Waals surface area contributed by atoms with E-state index in [2.05, 4.69) is 10.1 Å². The standard InChI is InChI=1S/C15H22N2O5S/c1-4-5-14(18)16-10-11-17(23(3,20)21)13-8-6-12(7-9-13)15(19)22-2/h6-9H,4-5,10-11H2,1-3H3,(H,16,18). The smallest absolute Gasteiger partial charge is 0.337 e. The molecule has 128 valence electrons. The molecule has 0 heterocycles. The van der Waals surface area contributed by atoms with Crippen LogP contribution in [0, 0.1) is 0 Å². The zero-order chi connectivity index (χ0) is 17.5. The summed E-state index contributed by atoms with van der Waals surface area (Å²) in [6.07, 6.45) is 2.23. The van der Waals surface area contributed by atoms with Gasteiger partial charge in [0.05, 0.1) is 31.2 Å². The first kappa shape index (κ1) is 19.0. The van der Waals surface area contributed by atoms with E-state index in [9.17, 15) is 18.0 Å². The number of nitrogens with zero attached hydrogens (tertiary/aromatic N) is 1. The number of esters is 1. The molecule has 0 saturated heterocycles. The fourth-order valence-corrected chi connectivity index (χ4v) is 2.91. The van der Waals surface area contributed by atoms with Crippen molar-refractivity contribution in [1.29, 1.82) is 0 Å². The van der Waals surface area contributed by atoms with Gasteiger partial charge < -0.3 is 10.1 Å². The molecule has 0 aliphatic heterocycles. The number of hydrogen-bond acceptors (Lipinski definition) is 5. The van der Waals surface area contributed by atoms with Gasteiger partial charge in [-0.3, -0.25) is 9.10 Å². The highest BCUT2D eigenvalue weighted by Gasteiger charge is 2.18. The van der Waals surface area contributed by atoms with Crippen molar-refractivity contribution in [2.24, 2.45) is 0 Å². The molecule has 0 fully saturated rings. The zero-order valence-electron chi connectivity index (χ0n) is 13.5. The Kier molecular flexibility index (Phi) is 7.02. The van der Waals surface area contributed by atoms with Gasteiger partial charge in [-0.1, -0.05) is 6.92 Å². The van der Waals surface area contributed by atoms with Gasteiger partial charge in [-0.05, 0) is 30.7 Å².